The van der Waals surface area contributed by atoms with Crippen LogP contribution in [0, 0.1) is 12.1 Å². The molecule has 5 nitrogen and oxygen atoms in total. The van der Waals surface area contributed by atoms with E-state index in [0.29, 0.717) is 11.5 Å². The van der Waals surface area contributed by atoms with Crippen LogP contribution >= 0.6 is 0 Å². The Hall–Kier alpha value is -5.77. The summed E-state index contributed by atoms with van der Waals surface area (Å²) < 4.78 is 10.9. The summed E-state index contributed by atoms with van der Waals surface area (Å²) in [5.41, 5.74) is 8.00. The molecular weight excluding hydrogens is 772 g/mol. The number of imidazole rings is 2. The molecule has 10 aromatic rings. The fourth-order valence-electron chi connectivity index (χ4n) is 6.87. The average Bonchev–Trinajstić information content (AvgIpc) is 3.79. The fourth-order valence-corrected chi connectivity index (χ4v) is 6.87. The second-order valence-corrected chi connectivity index (χ2v) is 11.7. The molecule has 0 aliphatic rings. The number of aromatic nitrogens is 4. The van der Waals surface area contributed by atoms with Crippen LogP contribution in [-0.4, -0.2) is 18.8 Å². The summed E-state index contributed by atoms with van der Waals surface area (Å²) in [6.07, 6.45) is 4.05. The Kier molecular flexibility index (Phi) is 6.63. The molecule has 48 heavy (non-hydrogen) atoms. The number of hydrogen-bond acceptors (Lipinski definition) is 3. The molecule has 0 bridgehead atoms. The van der Waals surface area contributed by atoms with E-state index >= 15 is 0 Å². The Morgan fingerprint density at radius 1 is 0.521 bits per heavy atom. The van der Waals surface area contributed by atoms with Crippen LogP contribution in [-0.2, 0) is 21.1 Å². The summed E-state index contributed by atoms with van der Waals surface area (Å²) in [5.74, 6) is 1.19. The van der Waals surface area contributed by atoms with Gasteiger partial charge < -0.3 is 13.5 Å². The van der Waals surface area contributed by atoms with Crippen molar-refractivity contribution in [2.24, 2.45) is 0 Å². The first kappa shape index (κ1) is 28.5. The van der Waals surface area contributed by atoms with Crippen molar-refractivity contribution in [1.29, 1.82) is 0 Å². The molecule has 0 N–H and O–H groups in total. The van der Waals surface area contributed by atoms with Gasteiger partial charge in [0, 0.05) is 40.5 Å². The van der Waals surface area contributed by atoms with Gasteiger partial charge in [-0.3, -0.25) is 9.97 Å². The molecular formula is C42H24N4OPt. The van der Waals surface area contributed by atoms with Crippen LogP contribution < -0.4 is 4.74 Å². The van der Waals surface area contributed by atoms with Gasteiger partial charge >= 0.3 is 21.1 Å². The Balaban J connectivity index is 0.00000314. The summed E-state index contributed by atoms with van der Waals surface area (Å²) in [6, 6.07) is 52.8. The van der Waals surface area contributed by atoms with E-state index in [-0.39, 0.29) is 21.1 Å². The zero-order valence-corrected chi connectivity index (χ0v) is 27.6. The van der Waals surface area contributed by atoms with Crippen LogP contribution in [0.1, 0.15) is 0 Å². The first-order valence-corrected chi connectivity index (χ1v) is 15.6. The van der Waals surface area contributed by atoms with E-state index in [1.807, 2.05) is 42.6 Å². The monoisotopic (exact) mass is 795 g/mol. The van der Waals surface area contributed by atoms with E-state index in [1.165, 1.54) is 0 Å². The van der Waals surface area contributed by atoms with E-state index in [9.17, 15) is 0 Å². The Morgan fingerprint density at radius 2 is 1.08 bits per heavy atom. The number of hydrogen-bond donors (Lipinski definition) is 0. The van der Waals surface area contributed by atoms with Crippen molar-refractivity contribution in [3.05, 3.63) is 158 Å². The number of rotatable bonds is 4. The molecule has 0 saturated heterocycles. The first-order chi connectivity index (χ1) is 23.3. The normalized spacial score (nSPS) is 11.6. The molecule has 0 aliphatic carbocycles. The van der Waals surface area contributed by atoms with Crippen LogP contribution in [0.2, 0.25) is 0 Å². The predicted octanol–water partition coefficient (Wildman–Crippen LogP) is 10.3. The summed E-state index contributed by atoms with van der Waals surface area (Å²) in [4.78, 5) is 10.0. The number of pyridine rings is 2. The maximum absolute atomic E-state index is 6.51. The fraction of sp³-hybridized carbons (Fsp3) is 0. The van der Waals surface area contributed by atoms with E-state index in [2.05, 4.69) is 124 Å². The molecule has 4 heterocycles. The van der Waals surface area contributed by atoms with Crippen molar-refractivity contribution >= 4 is 54.6 Å². The second kappa shape index (κ2) is 11.2. The topological polar surface area (TPSA) is 43.8 Å². The molecule has 0 fully saturated rings. The summed E-state index contributed by atoms with van der Waals surface area (Å²) in [7, 11) is 0. The van der Waals surface area contributed by atoms with E-state index in [0.717, 1.165) is 77.2 Å². The van der Waals surface area contributed by atoms with Gasteiger partial charge in [-0.25, -0.2) is 0 Å². The van der Waals surface area contributed by atoms with Gasteiger partial charge in [0.25, 0.3) is 0 Å². The van der Waals surface area contributed by atoms with Gasteiger partial charge in [-0.2, -0.15) is 0 Å². The van der Waals surface area contributed by atoms with Crippen LogP contribution in [0.25, 0.3) is 77.2 Å². The van der Waals surface area contributed by atoms with Gasteiger partial charge in [0.1, 0.15) is 0 Å². The zero-order chi connectivity index (χ0) is 30.9. The largest absolute Gasteiger partial charge is 2.00 e. The number of para-hydroxylation sites is 2. The van der Waals surface area contributed by atoms with Crippen molar-refractivity contribution in [2.75, 3.05) is 0 Å². The molecule has 0 unspecified atom stereocenters. The van der Waals surface area contributed by atoms with Gasteiger partial charge in [-0.1, -0.05) is 143 Å². The van der Waals surface area contributed by atoms with Crippen LogP contribution in [0.5, 0.6) is 11.5 Å². The summed E-state index contributed by atoms with van der Waals surface area (Å²) in [5, 5.41) is 6.22. The number of nitrogens with zero attached hydrogens (tertiary/aromatic N) is 4. The zero-order valence-electron chi connectivity index (χ0n) is 25.4. The van der Waals surface area contributed by atoms with Crippen LogP contribution in [0.15, 0.2) is 146 Å². The van der Waals surface area contributed by atoms with Crippen molar-refractivity contribution in [2.45, 2.75) is 0 Å². The molecule has 0 radical (unpaired) electrons. The standard InChI is InChI=1S/C42H24N4O.Pt/c1-3-11-27(12-4-1)37-26-45-38-17-9-7-15-33(38)31-21-19-30(24-36(31)42(45)44-37)47-29-20-22-32-34-16-8-10-18-39(34)46-40(28-13-5-2-6-14-28)25-43-41(46)35(32)23-29;/h1-22,25-26H;/q-2;+2. The van der Waals surface area contributed by atoms with Gasteiger partial charge in [0.05, 0.1) is 22.7 Å². The molecule has 0 aliphatic heterocycles. The molecule has 0 spiro atoms. The molecule has 0 atom stereocenters. The maximum atomic E-state index is 6.51. The van der Waals surface area contributed by atoms with E-state index in [1.54, 1.807) is 0 Å². The minimum absolute atomic E-state index is 0. The van der Waals surface area contributed by atoms with Crippen molar-refractivity contribution < 1.29 is 25.8 Å². The van der Waals surface area contributed by atoms with E-state index < -0.39 is 0 Å². The molecule has 0 amide bonds. The van der Waals surface area contributed by atoms with Crippen molar-refractivity contribution in [3.8, 4) is 34.0 Å². The van der Waals surface area contributed by atoms with Gasteiger partial charge in [0.2, 0.25) is 0 Å². The molecule has 6 heteroatoms. The molecule has 10 rings (SSSR count). The Labute approximate surface area is 290 Å². The molecule has 228 valence electrons. The average molecular weight is 796 g/mol. The minimum atomic E-state index is 0. The number of fused-ring (bicyclic) bond motifs is 12. The van der Waals surface area contributed by atoms with Crippen LogP contribution in [0.3, 0.4) is 0 Å². The first-order valence-electron chi connectivity index (χ1n) is 15.6. The molecule has 6 aromatic carbocycles. The smallest absolute Gasteiger partial charge is 0.497 e. The Morgan fingerprint density at radius 3 is 1.77 bits per heavy atom. The summed E-state index contributed by atoms with van der Waals surface area (Å²) >= 11 is 0. The van der Waals surface area contributed by atoms with Crippen LogP contribution in [0.4, 0.5) is 0 Å². The maximum Gasteiger partial charge on any atom is 2.00 e. The third-order valence-electron chi connectivity index (χ3n) is 9.00. The van der Waals surface area contributed by atoms with Crippen molar-refractivity contribution in [1.82, 2.24) is 18.8 Å². The quantitative estimate of drug-likeness (QED) is 0.132. The SMILES string of the molecule is [Pt+2].[c-]1c(Oc2[c-]c3c(cc2)c2ccccc2n2c(-c4ccccc4)cnc32)ccc2c1c1nc(-c3ccccc3)cn1c1ccccc21. The van der Waals surface area contributed by atoms with Gasteiger partial charge in [-0.05, 0) is 28.5 Å². The molecule has 0 saturated carbocycles. The second-order valence-electron chi connectivity index (χ2n) is 11.7. The van der Waals surface area contributed by atoms with Crippen molar-refractivity contribution in [3.63, 3.8) is 0 Å². The minimum Gasteiger partial charge on any atom is -0.497 e. The van der Waals surface area contributed by atoms with E-state index in [4.69, 9.17) is 14.7 Å². The number of ether oxygens (including phenoxy) is 1. The van der Waals surface area contributed by atoms with Gasteiger partial charge in [-0.15, -0.1) is 12.1 Å². The predicted molar refractivity (Wildman–Crippen MR) is 189 cm³/mol. The van der Waals surface area contributed by atoms with Gasteiger partial charge in [0.15, 0.2) is 0 Å². The third-order valence-corrected chi connectivity index (χ3v) is 9.00. The third kappa shape index (κ3) is 4.35. The number of benzene rings is 6. The molecule has 4 aromatic heterocycles. The summed E-state index contributed by atoms with van der Waals surface area (Å²) in [6.45, 7) is 0. The Bertz CT molecular complexity index is 2780.